The molecule has 6 nitrogen and oxygen atoms in total. The van der Waals surface area contributed by atoms with Crippen LogP contribution in [0, 0.1) is 5.92 Å². The van der Waals surface area contributed by atoms with Gasteiger partial charge in [0.1, 0.15) is 6.10 Å². The Kier molecular flexibility index (Phi) is 5.84. The van der Waals surface area contributed by atoms with Crippen molar-refractivity contribution in [3.63, 3.8) is 0 Å². The minimum Gasteiger partial charge on any atom is -0.481 e. The summed E-state index contributed by atoms with van der Waals surface area (Å²) in [6.45, 7) is 4.69. The smallest absolute Gasteiger partial charge is 0.330 e. The minimum atomic E-state index is -1.22. The maximum Gasteiger partial charge on any atom is 0.330 e. The third-order valence-electron chi connectivity index (χ3n) is 1.87. The molecule has 2 unspecified atom stereocenters. The summed E-state index contributed by atoms with van der Waals surface area (Å²) in [6.07, 6.45) is -0.235. The van der Waals surface area contributed by atoms with E-state index < -0.39 is 36.4 Å². The molecule has 2 atom stereocenters. The Labute approximate surface area is 92.5 Å². The molecule has 16 heavy (non-hydrogen) atoms. The number of hydrogen-bond donors (Lipinski definition) is 2. The lowest BCUT2D eigenvalue weighted by Crippen LogP contribution is -2.24. The van der Waals surface area contributed by atoms with E-state index in [0.29, 0.717) is 0 Å². The van der Waals surface area contributed by atoms with Gasteiger partial charge in [0, 0.05) is 6.08 Å². The van der Waals surface area contributed by atoms with Crippen LogP contribution in [-0.2, 0) is 19.1 Å². The maximum atomic E-state index is 10.8. The number of carboxylic acids is 2. The summed E-state index contributed by atoms with van der Waals surface area (Å²) in [5.74, 6) is -4.14. The van der Waals surface area contributed by atoms with E-state index in [1.807, 2.05) is 0 Å². The number of hydrogen-bond acceptors (Lipinski definition) is 4. The number of esters is 1. The van der Waals surface area contributed by atoms with Gasteiger partial charge in [0.05, 0.1) is 12.3 Å². The Hall–Kier alpha value is -1.85. The molecule has 0 radical (unpaired) electrons. The van der Waals surface area contributed by atoms with Crippen LogP contribution >= 0.6 is 0 Å². The van der Waals surface area contributed by atoms with Crippen molar-refractivity contribution < 1.29 is 29.3 Å². The quantitative estimate of drug-likeness (QED) is 0.492. The molecule has 0 bridgehead atoms. The van der Waals surface area contributed by atoms with Crippen LogP contribution in [-0.4, -0.2) is 34.2 Å². The molecule has 0 aliphatic rings. The second-order valence-electron chi connectivity index (χ2n) is 3.32. The number of aliphatic carboxylic acids is 2. The van der Waals surface area contributed by atoms with E-state index in [9.17, 15) is 14.4 Å². The lowest BCUT2D eigenvalue weighted by atomic mass is 9.99. The van der Waals surface area contributed by atoms with Crippen molar-refractivity contribution in [1.82, 2.24) is 0 Å². The first-order valence-electron chi connectivity index (χ1n) is 4.64. The highest BCUT2D eigenvalue weighted by Crippen LogP contribution is 2.14. The average molecular weight is 230 g/mol. The molecular formula is C10H14O6. The minimum absolute atomic E-state index is 0.0405. The van der Waals surface area contributed by atoms with E-state index in [0.717, 1.165) is 6.08 Å². The summed E-state index contributed by atoms with van der Waals surface area (Å²) < 4.78 is 4.75. The third-order valence-corrected chi connectivity index (χ3v) is 1.87. The number of carbonyl (C=O) groups is 3. The SMILES string of the molecule is C=CC(=O)OC(C)CC(CC(=O)O)C(=O)O. The summed E-state index contributed by atoms with van der Waals surface area (Å²) >= 11 is 0. The van der Waals surface area contributed by atoms with Crippen molar-refractivity contribution in [2.24, 2.45) is 5.92 Å². The van der Waals surface area contributed by atoms with Crippen molar-refractivity contribution >= 4 is 17.9 Å². The number of ether oxygens (including phenoxy) is 1. The monoisotopic (exact) mass is 230 g/mol. The molecule has 0 aliphatic heterocycles. The van der Waals surface area contributed by atoms with E-state index in [2.05, 4.69) is 6.58 Å². The highest BCUT2D eigenvalue weighted by Gasteiger charge is 2.24. The summed E-state index contributed by atoms with van der Waals surface area (Å²) in [5.41, 5.74) is 0. The van der Waals surface area contributed by atoms with E-state index in [4.69, 9.17) is 14.9 Å². The number of rotatable bonds is 7. The second-order valence-corrected chi connectivity index (χ2v) is 3.32. The van der Waals surface area contributed by atoms with Gasteiger partial charge in [0.15, 0.2) is 0 Å². The van der Waals surface area contributed by atoms with Crippen molar-refractivity contribution in [2.75, 3.05) is 0 Å². The molecule has 0 fully saturated rings. The van der Waals surface area contributed by atoms with Crippen LogP contribution in [0.5, 0.6) is 0 Å². The van der Waals surface area contributed by atoms with Crippen LogP contribution in [0.2, 0.25) is 0 Å². The zero-order valence-corrected chi connectivity index (χ0v) is 8.88. The lowest BCUT2D eigenvalue weighted by Gasteiger charge is -2.16. The van der Waals surface area contributed by atoms with Gasteiger partial charge < -0.3 is 14.9 Å². The van der Waals surface area contributed by atoms with E-state index >= 15 is 0 Å². The fraction of sp³-hybridized carbons (Fsp3) is 0.500. The van der Waals surface area contributed by atoms with Crippen LogP contribution in [0.1, 0.15) is 19.8 Å². The zero-order valence-electron chi connectivity index (χ0n) is 8.88. The highest BCUT2D eigenvalue weighted by atomic mass is 16.5. The first-order chi connectivity index (χ1) is 7.36. The molecule has 0 aromatic rings. The normalized spacial score (nSPS) is 13.6. The molecule has 0 aliphatic carbocycles. The Balaban J connectivity index is 4.28. The summed E-state index contributed by atoms with van der Waals surface area (Å²) in [6, 6.07) is 0. The van der Waals surface area contributed by atoms with Gasteiger partial charge in [-0.1, -0.05) is 6.58 Å². The predicted octanol–water partition coefficient (Wildman–Crippen LogP) is 0.670. The topological polar surface area (TPSA) is 101 Å². The molecule has 0 amide bonds. The first-order valence-corrected chi connectivity index (χ1v) is 4.64. The fourth-order valence-corrected chi connectivity index (χ4v) is 1.18. The zero-order chi connectivity index (χ0) is 12.7. The predicted molar refractivity (Wildman–Crippen MR) is 53.7 cm³/mol. The molecule has 0 aromatic carbocycles. The van der Waals surface area contributed by atoms with Crippen molar-refractivity contribution in [3.8, 4) is 0 Å². The Morgan fingerprint density at radius 1 is 1.38 bits per heavy atom. The van der Waals surface area contributed by atoms with Gasteiger partial charge in [0.25, 0.3) is 0 Å². The molecule has 0 saturated heterocycles. The van der Waals surface area contributed by atoms with Gasteiger partial charge in [-0.2, -0.15) is 0 Å². The van der Waals surface area contributed by atoms with Crippen LogP contribution in [0.3, 0.4) is 0 Å². The Morgan fingerprint density at radius 2 is 1.94 bits per heavy atom. The van der Waals surface area contributed by atoms with Crippen LogP contribution in [0.15, 0.2) is 12.7 Å². The largest absolute Gasteiger partial charge is 0.481 e. The molecule has 0 saturated carbocycles. The summed E-state index contributed by atoms with van der Waals surface area (Å²) in [7, 11) is 0. The van der Waals surface area contributed by atoms with Crippen molar-refractivity contribution in [1.29, 1.82) is 0 Å². The van der Waals surface area contributed by atoms with Gasteiger partial charge in [-0.15, -0.1) is 0 Å². The molecule has 2 N–H and O–H groups in total. The highest BCUT2D eigenvalue weighted by molar-refractivity contribution is 5.81. The molecule has 0 aromatic heterocycles. The second kappa shape index (κ2) is 6.60. The Bertz CT molecular complexity index is 296. The molecule has 0 spiro atoms. The van der Waals surface area contributed by atoms with Crippen molar-refractivity contribution in [3.05, 3.63) is 12.7 Å². The summed E-state index contributed by atoms with van der Waals surface area (Å²) in [5, 5.41) is 17.2. The van der Waals surface area contributed by atoms with Gasteiger partial charge in [0.2, 0.25) is 0 Å². The standard InChI is InChI=1S/C10H14O6/c1-3-9(13)16-6(2)4-7(10(14)15)5-8(11)12/h3,6-7H,1,4-5H2,2H3,(H,11,12)(H,14,15). The van der Waals surface area contributed by atoms with E-state index in [1.54, 1.807) is 0 Å². The van der Waals surface area contributed by atoms with Gasteiger partial charge in [-0.05, 0) is 13.3 Å². The van der Waals surface area contributed by atoms with Gasteiger partial charge in [-0.25, -0.2) is 4.79 Å². The fourth-order valence-electron chi connectivity index (χ4n) is 1.18. The number of carbonyl (C=O) groups excluding carboxylic acids is 1. The van der Waals surface area contributed by atoms with Crippen LogP contribution < -0.4 is 0 Å². The van der Waals surface area contributed by atoms with Crippen molar-refractivity contribution in [2.45, 2.75) is 25.9 Å². The third kappa shape index (κ3) is 5.79. The van der Waals surface area contributed by atoms with E-state index in [-0.39, 0.29) is 6.42 Å². The molecular weight excluding hydrogens is 216 g/mol. The average Bonchev–Trinajstić information content (AvgIpc) is 2.15. The molecule has 0 rings (SSSR count). The molecule has 6 heteroatoms. The van der Waals surface area contributed by atoms with E-state index in [1.165, 1.54) is 6.92 Å². The van der Waals surface area contributed by atoms with Crippen LogP contribution in [0.25, 0.3) is 0 Å². The maximum absolute atomic E-state index is 10.8. The Morgan fingerprint density at radius 3 is 2.31 bits per heavy atom. The van der Waals surface area contributed by atoms with Crippen LogP contribution in [0.4, 0.5) is 0 Å². The molecule has 0 heterocycles. The first kappa shape index (κ1) is 14.2. The van der Waals surface area contributed by atoms with Gasteiger partial charge in [-0.3, -0.25) is 9.59 Å². The molecule has 90 valence electrons. The lowest BCUT2D eigenvalue weighted by molar-refractivity contribution is -0.152. The van der Waals surface area contributed by atoms with Gasteiger partial charge >= 0.3 is 17.9 Å². The summed E-state index contributed by atoms with van der Waals surface area (Å²) in [4.78, 5) is 31.9. The number of carboxylic acid groups (broad SMARTS) is 2.